The largest absolute Gasteiger partial charge is 0.348 e. The molecular formula is C16H20N4O2. The topological polar surface area (TPSA) is 75.5 Å². The van der Waals surface area contributed by atoms with Crippen molar-refractivity contribution in [1.29, 1.82) is 0 Å². The van der Waals surface area contributed by atoms with Crippen LogP contribution in [0.2, 0.25) is 0 Å². The van der Waals surface area contributed by atoms with Gasteiger partial charge < -0.3 is 10.6 Å². The maximum absolute atomic E-state index is 12.4. The predicted molar refractivity (Wildman–Crippen MR) is 82.9 cm³/mol. The Morgan fingerprint density at radius 1 is 1.36 bits per heavy atom. The highest BCUT2D eigenvalue weighted by molar-refractivity contribution is 6.02. The number of nitrogens with one attached hydrogen (secondary N) is 2. The Kier molecular flexibility index (Phi) is 3.83. The molecule has 2 aromatic rings. The quantitative estimate of drug-likeness (QED) is 0.883. The summed E-state index contributed by atoms with van der Waals surface area (Å²) in [5.74, 6) is -0.216. The fourth-order valence-corrected chi connectivity index (χ4v) is 2.24. The van der Waals surface area contributed by atoms with E-state index in [1.54, 1.807) is 16.7 Å². The minimum absolute atomic E-state index is 0.0664. The molecule has 0 bridgehead atoms. The van der Waals surface area contributed by atoms with Crippen LogP contribution in [0.25, 0.3) is 5.52 Å². The van der Waals surface area contributed by atoms with Crippen LogP contribution in [0.4, 0.5) is 0 Å². The normalized spacial score (nSPS) is 15.5. The molecule has 3 rings (SSSR count). The van der Waals surface area contributed by atoms with Crippen LogP contribution in [0.3, 0.4) is 0 Å². The third kappa shape index (κ3) is 2.81. The molecule has 6 nitrogen and oxygen atoms in total. The van der Waals surface area contributed by atoms with Crippen LogP contribution >= 0.6 is 0 Å². The lowest BCUT2D eigenvalue weighted by Crippen LogP contribution is -2.32. The summed E-state index contributed by atoms with van der Waals surface area (Å²) >= 11 is 0. The summed E-state index contributed by atoms with van der Waals surface area (Å²) in [6, 6.07) is 5.77. The molecule has 2 amide bonds. The average molecular weight is 300 g/mol. The van der Waals surface area contributed by atoms with E-state index in [1.165, 1.54) is 0 Å². The second-order valence-corrected chi connectivity index (χ2v) is 5.77. The molecule has 0 aromatic carbocycles. The van der Waals surface area contributed by atoms with E-state index in [0.29, 0.717) is 11.2 Å². The van der Waals surface area contributed by atoms with E-state index in [1.807, 2.05) is 26.0 Å². The van der Waals surface area contributed by atoms with Gasteiger partial charge in [-0.1, -0.05) is 13.0 Å². The van der Waals surface area contributed by atoms with Gasteiger partial charge >= 0.3 is 0 Å². The molecule has 1 aliphatic carbocycles. The molecule has 0 aliphatic heterocycles. The van der Waals surface area contributed by atoms with Crippen molar-refractivity contribution >= 4 is 17.3 Å². The van der Waals surface area contributed by atoms with Crippen molar-refractivity contribution in [2.24, 2.45) is 0 Å². The summed E-state index contributed by atoms with van der Waals surface area (Å²) in [6.45, 7) is 3.95. The summed E-state index contributed by atoms with van der Waals surface area (Å²) in [4.78, 5) is 29.0. The Bertz CT molecular complexity index is 718. The van der Waals surface area contributed by atoms with E-state index < -0.39 is 0 Å². The molecule has 1 atom stereocenters. The Morgan fingerprint density at radius 2 is 2.14 bits per heavy atom. The van der Waals surface area contributed by atoms with Crippen LogP contribution in [0.5, 0.6) is 0 Å². The second kappa shape index (κ2) is 5.79. The fourth-order valence-electron chi connectivity index (χ4n) is 2.24. The number of carbonyl (C=O) groups excluding carboxylic acids is 2. The van der Waals surface area contributed by atoms with Gasteiger partial charge in [0.1, 0.15) is 0 Å². The Morgan fingerprint density at radius 3 is 2.82 bits per heavy atom. The number of pyridine rings is 1. The number of carbonyl (C=O) groups is 2. The van der Waals surface area contributed by atoms with Gasteiger partial charge in [-0.15, -0.1) is 0 Å². The number of aromatic nitrogens is 2. The maximum Gasteiger partial charge on any atom is 0.287 e. The lowest BCUT2D eigenvalue weighted by molar-refractivity contribution is 0.0936. The fraction of sp³-hybridized carbons (Fsp3) is 0.438. The molecule has 6 heteroatoms. The monoisotopic (exact) mass is 300 g/mol. The van der Waals surface area contributed by atoms with Gasteiger partial charge in [-0.2, -0.15) is 0 Å². The highest BCUT2D eigenvalue weighted by Gasteiger charge is 2.27. The zero-order chi connectivity index (χ0) is 15.7. The SMILES string of the molecule is CCC(C)NC(=O)c1nc(C(=O)NC2CC2)n2ccccc12. The smallest absolute Gasteiger partial charge is 0.287 e. The van der Waals surface area contributed by atoms with Gasteiger partial charge in [0, 0.05) is 18.3 Å². The number of imidazole rings is 1. The molecule has 116 valence electrons. The summed E-state index contributed by atoms with van der Waals surface area (Å²) in [5, 5.41) is 5.81. The summed E-state index contributed by atoms with van der Waals surface area (Å²) < 4.78 is 1.67. The van der Waals surface area contributed by atoms with Crippen molar-refractivity contribution in [1.82, 2.24) is 20.0 Å². The van der Waals surface area contributed by atoms with Crippen molar-refractivity contribution in [3.05, 3.63) is 35.9 Å². The molecule has 1 unspecified atom stereocenters. The molecule has 2 heterocycles. The van der Waals surface area contributed by atoms with E-state index >= 15 is 0 Å². The number of hydrogen-bond acceptors (Lipinski definition) is 3. The Labute approximate surface area is 128 Å². The number of fused-ring (bicyclic) bond motifs is 1. The van der Waals surface area contributed by atoms with E-state index in [9.17, 15) is 9.59 Å². The Hall–Kier alpha value is -2.37. The van der Waals surface area contributed by atoms with Gasteiger partial charge in [0.15, 0.2) is 5.69 Å². The van der Waals surface area contributed by atoms with E-state index in [4.69, 9.17) is 0 Å². The molecule has 0 spiro atoms. The highest BCUT2D eigenvalue weighted by Crippen LogP contribution is 2.20. The number of nitrogens with zero attached hydrogens (tertiary/aromatic N) is 2. The molecule has 22 heavy (non-hydrogen) atoms. The number of amides is 2. The van der Waals surface area contributed by atoms with Crippen LogP contribution in [0.1, 0.15) is 54.2 Å². The first-order valence-corrected chi connectivity index (χ1v) is 7.69. The first-order valence-electron chi connectivity index (χ1n) is 7.69. The highest BCUT2D eigenvalue weighted by atomic mass is 16.2. The molecule has 0 saturated heterocycles. The predicted octanol–water partition coefficient (Wildman–Crippen LogP) is 1.75. The maximum atomic E-state index is 12.4. The van der Waals surface area contributed by atoms with Gasteiger partial charge in [0.05, 0.1) is 5.52 Å². The van der Waals surface area contributed by atoms with Crippen LogP contribution in [-0.4, -0.2) is 33.3 Å². The van der Waals surface area contributed by atoms with Gasteiger partial charge in [0.2, 0.25) is 5.82 Å². The molecule has 1 aliphatic rings. The number of hydrogen-bond donors (Lipinski definition) is 2. The first kappa shape index (κ1) is 14.6. The standard InChI is InChI=1S/C16H20N4O2/c1-3-10(2)17-15(21)13-12-6-4-5-9-20(12)14(19-13)16(22)18-11-7-8-11/h4-6,9-11H,3,7-8H2,1-2H3,(H,17,21)(H,18,22). The molecule has 0 radical (unpaired) electrons. The van der Waals surface area contributed by atoms with Gasteiger partial charge in [0.25, 0.3) is 11.8 Å². The number of rotatable bonds is 5. The van der Waals surface area contributed by atoms with Crippen molar-refractivity contribution in [2.45, 2.75) is 45.2 Å². The van der Waals surface area contributed by atoms with Crippen LogP contribution in [0.15, 0.2) is 24.4 Å². The van der Waals surface area contributed by atoms with E-state index in [2.05, 4.69) is 15.6 Å². The lowest BCUT2D eigenvalue weighted by Gasteiger charge is -2.09. The molecular weight excluding hydrogens is 280 g/mol. The van der Waals surface area contributed by atoms with Crippen LogP contribution in [0, 0.1) is 0 Å². The molecule has 2 N–H and O–H groups in total. The summed E-state index contributed by atoms with van der Waals surface area (Å²) in [6.07, 6.45) is 4.61. The first-order chi connectivity index (χ1) is 10.6. The van der Waals surface area contributed by atoms with Gasteiger partial charge in [-0.05, 0) is 38.3 Å². The summed E-state index contributed by atoms with van der Waals surface area (Å²) in [7, 11) is 0. The van der Waals surface area contributed by atoms with Gasteiger partial charge in [-0.3, -0.25) is 14.0 Å². The van der Waals surface area contributed by atoms with Crippen molar-refractivity contribution in [3.8, 4) is 0 Å². The second-order valence-electron chi connectivity index (χ2n) is 5.77. The van der Waals surface area contributed by atoms with Crippen molar-refractivity contribution < 1.29 is 9.59 Å². The minimum Gasteiger partial charge on any atom is -0.348 e. The van der Waals surface area contributed by atoms with E-state index in [-0.39, 0.29) is 29.7 Å². The van der Waals surface area contributed by atoms with Crippen molar-refractivity contribution in [2.75, 3.05) is 0 Å². The van der Waals surface area contributed by atoms with Gasteiger partial charge in [-0.25, -0.2) is 4.98 Å². The third-order valence-electron chi connectivity index (χ3n) is 3.87. The molecule has 1 fully saturated rings. The van der Waals surface area contributed by atoms with E-state index in [0.717, 1.165) is 19.3 Å². The van der Waals surface area contributed by atoms with Crippen molar-refractivity contribution in [3.63, 3.8) is 0 Å². The average Bonchev–Trinajstić information content (AvgIpc) is 3.24. The summed E-state index contributed by atoms with van der Waals surface area (Å²) in [5.41, 5.74) is 0.936. The minimum atomic E-state index is -0.247. The third-order valence-corrected chi connectivity index (χ3v) is 3.87. The zero-order valence-corrected chi connectivity index (χ0v) is 12.8. The molecule has 1 saturated carbocycles. The Balaban J connectivity index is 1.96. The zero-order valence-electron chi connectivity index (χ0n) is 12.8. The van der Waals surface area contributed by atoms with Crippen LogP contribution < -0.4 is 10.6 Å². The molecule has 2 aromatic heterocycles. The van der Waals surface area contributed by atoms with Crippen LogP contribution in [-0.2, 0) is 0 Å². The lowest BCUT2D eigenvalue weighted by atomic mass is 10.2.